The summed E-state index contributed by atoms with van der Waals surface area (Å²) in [7, 11) is 0. The largest absolute Gasteiger partial charge is 0.488 e. The van der Waals surface area contributed by atoms with Crippen molar-refractivity contribution in [3.8, 4) is 5.75 Å². The lowest BCUT2D eigenvalue weighted by Crippen LogP contribution is -2.51. The number of nitrogens with zero attached hydrogens (tertiary/aromatic N) is 2. The summed E-state index contributed by atoms with van der Waals surface area (Å²) >= 11 is 0. The molecule has 7 heteroatoms. The Morgan fingerprint density at radius 3 is 2.66 bits per heavy atom. The number of ether oxygens (including phenoxy) is 1. The summed E-state index contributed by atoms with van der Waals surface area (Å²) in [5, 5.41) is 3.13. The van der Waals surface area contributed by atoms with E-state index in [0.717, 1.165) is 42.6 Å². The van der Waals surface area contributed by atoms with Gasteiger partial charge in [0.25, 0.3) is 5.91 Å². The standard InChI is InChI=1S/C31H40N4O3/c1-6-31(5)18-27(36)35(29(32)34-31)25-15-19(2)22-12-11-20(16-24(22)25)28(37)33-14-13-21-17-30(3,4)38-26-10-8-7-9-23(21)26/h7-12,16,19,21,25H,6,13-15,17-18H2,1-5H3,(H2,32,34)(H,33,37)/t19-,21+,25-,31-/m1/s1. The molecular weight excluding hydrogens is 476 g/mol. The van der Waals surface area contributed by atoms with E-state index in [-0.39, 0.29) is 35.3 Å². The van der Waals surface area contributed by atoms with Crippen molar-refractivity contribution in [2.75, 3.05) is 6.54 Å². The Labute approximate surface area is 225 Å². The van der Waals surface area contributed by atoms with Crippen LogP contribution in [0.4, 0.5) is 0 Å². The number of nitrogens with one attached hydrogen (secondary N) is 1. The third-order valence-electron chi connectivity index (χ3n) is 8.58. The van der Waals surface area contributed by atoms with E-state index in [4.69, 9.17) is 10.5 Å². The van der Waals surface area contributed by atoms with Crippen LogP contribution in [0.15, 0.2) is 47.5 Å². The van der Waals surface area contributed by atoms with Crippen molar-refractivity contribution >= 4 is 17.8 Å². The molecule has 4 atom stereocenters. The van der Waals surface area contributed by atoms with Crippen LogP contribution in [0.5, 0.6) is 5.75 Å². The van der Waals surface area contributed by atoms with Crippen molar-refractivity contribution in [2.24, 2.45) is 10.7 Å². The summed E-state index contributed by atoms with van der Waals surface area (Å²) in [6.07, 6.45) is 3.61. The van der Waals surface area contributed by atoms with Crippen LogP contribution in [-0.4, -0.2) is 40.4 Å². The van der Waals surface area contributed by atoms with Gasteiger partial charge in [0.05, 0.1) is 18.0 Å². The van der Waals surface area contributed by atoms with Gasteiger partial charge in [0, 0.05) is 12.1 Å². The zero-order valence-electron chi connectivity index (χ0n) is 23.2. The lowest BCUT2D eigenvalue weighted by atomic mass is 9.82. The minimum absolute atomic E-state index is 0.00132. The van der Waals surface area contributed by atoms with Crippen molar-refractivity contribution in [1.82, 2.24) is 10.2 Å². The summed E-state index contributed by atoms with van der Waals surface area (Å²) < 4.78 is 6.16. The Hall–Kier alpha value is -3.35. The number of nitrogens with two attached hydrogens (primary N) is 1. The highest BCUT2D eigenvalue weighted by Gasteiger charge is 2.42. The first-order valence-electron chi connectivity index (χ1n) is 13.9. The van der Waals surface area contributed by atoms with E-state index in [1.807, 2.05) is 50.2 Å². The number of guanidine groups is 1. The summed E-state index contributed by atoms with van der Waals surface area (Å²) in [5.74, 6) is 1.71. The molecule has 0 unspecified atom stereocenters. The molecule has 2 heterocycles. The monoisotopic (exact) mass is 516 g/mol. The number of hydrogen-bond donors (Lipinski definition) is 2. The maximum Gasteiger partial charge on any atom is 0.251 e. The molecule has 5 rings (SSSR count). The molecule has 0 saturated heterocycles. The number of para-hydroxylation sites is 1. The van der Waals surface area contributed by atoms with Gasteiger partial charge in [-0.05, 0) is 93.2 Å². The molecule has 0 radical (unpaired) electrons. The van der Waals surface area contributed by atoms with Gasteiger partial charge in [-0.3, -0.25) is 14.5 Å². The topological polar surface area (TPSA) is 97.0 Å². The van der Waals surface area contributed by atoms with Crippen LogP contribution < -0.4 is 15.8 Å². The van der Waals surface area contributed by atoms with Gasteiger partial charge in [-0.15, -0.1) is 0 Å². The van der Waals surface area contributed by atoms with Gasteiger partial charge in [-0.2, -0.15) is 0 Å². The van der Waals surface area contributed by atoms with Crippen molar-refractivity contribution in [3.63, 3.8) is 0 Å². The zero-order valence-corrected chi connectivity index (χ0v) is 23.2. The quantitative estimate of drug-likeness (QED) is 0.536. The van der Waals surface area contributed by atoms with E-state index in [0.29, 0.717) is 24.4 Å². The molecule has 2 aromatic rings. The van der Waals surface area contributed by atoms with Crippen LogP contribution >= 0.6 is 0 Å². The van der Waals surface area contributed by atoms with Gasteiger partial charge in [-0.1, -0.05) is 38.1 Å². The lowest BCUT2D eigenvalue weighted by molar-refractivity contribution is -0.131. The van der Waals surface area contributed by atoms with Gasteiger partial charge in [0.15, 0.2) is 5.96 Å². The molecule has 2 aromatic carbocycles. The lowest BCUT2D eigenvalue weighted by Gasteiger charge is -2.38. The second kappa shape index (κ2) is 9.75. The van der Waals surface area contributed by atoms with Crippen LogP contribution in [0.3, 0.4) is 0 Å². The van der Waals surface area contributed by atoms with E-state index >= 15 is 0 Å². The molecule has 7 nitrogen and oxygen atoms in total. The van der Waals surface area contributed by atoms with E-state index in [1.54, 1.807) is 4.90 Å². The number of aliphatic imine (C=N–C) groups is 1. The van der Waals surface area contributed by atoms with Gasteiger partial charge < -0.3 is 15.8 Å². The van der Waals surface area contributed by atoms with Crippen molar-refractivity contribution < 1.29 is 14.3 Å². The second-order valence-corrected chi connectivity index (χ2v) is 12.1. The Kier molecular flexibility index (Phi) is 6.74. The third kappa shape index (κ3) is 4.91. The molecule has 0 bridgehead atoms. The van der Waals surface area contributed by atoms with Crippen LogP contribution in [-0.2, 0) is 4.79 Å². The number of amides is 2. The number of hydrogen-bond acceptors (Lipinski definition) is 5. The number of carbonyl (C=O) groups excluding carboxylic acids is 2. The van der Waals surface area contributed by atoms with Gasteiger partial charge in [0.1, 0.15) is 11.4 Å². The molecule has 0 fully saturated rings. The van der Waals surface area contributed by atoms with Crippen molar-refractivity contribution in [2.45, 2.75) is 95.7 Å². The predicted octanol–water partition coefficient (Wildman–Crippen LogP) is 5.42. The Morgan fingerprint density at radius 2 is 1.92 bits per heavy atom. The number of fused-ring (bicyclic) bond motifs is 2. The van der Waals surface area contributed by atoms with Crippen LogP contribution in [0, 0.1) is 0 Å². The molecule has 2 amide bonds. The maximum absolute atomic E-state index is 13.2. The first-order valence-corrected chi connectivity index (χ1v) is 13.9. The van der Waals surface area contributed by atoms with E-state index in [9.17, 15) is 9.59 Å². The summed E-state index contributed by atoms with van der Waals surface area (Å²) in [5.41, 5.74) is 9.64. The van der Waals surface area contributed by atoms with Crippen LogP contribution in [0.25, 0.3) is 0 Å². The minimum Gasteiger partial charge on any atom is -0.488 e. The molecule has 38 heavy (non-hydrogen) atoms. The summed E-state index contributed by atoms with van der Waals surface area (Å²) in [4.78, 5) is 32.8. The fourth-order valence-corrected chi connectivity index (χ4v) is 6.41. The van der Waals surface area contributed by atoms with E-state index < -0.39 is 5.54 Å². The first-order chi connectivity index (χ1) is 18.0. The maximum atomic E-state index is 13.2. The smallest absolute Gasteiger partial charge is 0.251 e. The highest BCUT2D eigenvalue weighted by molar-refractivity contribution is 6.00. The van der Waals surface area contributed by atoms with Crippen molar-refractivity contribution in [1.29, 1.82) is 0 Å². The van der Waals surface area contributed by atoms with Gasteiger partial charge >= 0.3 is 0 Å². The molecular formula is C31H40N4O3. The molecule has 1 aliphatic carbocycles. The van der Waals surface area contributed by atoms with Gasteiger partial charge in [-0.25, -0.2) is 4.99 Å². The van der Waals surface area contributed by atoms with E-state index in [1.165, 1.54) is 5.56 Å². The van der Waals surface area contributed by atoms with Crippen LogP contribution in [0.2, 0.25) is 0 Å². The minimum atomic E-state index is -0.452. The fraction of sp³-hybridized carbons (Fsp3) is 0.516. The number of benzene rings is 2. The molecule has 0 aromatic heterocycles. The van der Waals surface area contributed by atoms with Crippen LogP contribution in [0.1, 0.15) is 112 Å². The fourth-order valence-electron chi connectivity index (χ4n) is 6.41. The third-order valence-corrected chi connectivity index (χ3v) is 8.58. The average molecular weight is 517 g/mol. The molecule has 0 saturated carbocycles. The highest BCUT2D eigenvalue weighted by Crippen LogP contribution is 2.45. The summed E-state index contributed by atoms with van der Waals surface area (Å²) in [6, 6.07) is 13.9. The van der Waals surface area contributed by atoms with Crippen molar-refractivity contribution in [3.05, 3.63) is 64.7 Å². The Balaban J connectivity index is 1.30. The number of rotatable bonds is 6. The number of carbonyl (C=O) groups is 2. The predicted molar refractivity (Wildman–Crippen MR) is 149 cm³/mol. The average Bonchev–Trinajstić information content (AvgIpc) is 3.18. The molecule has 3 N–H and O–H groups in total. The van der Waals surface area contributed by atoms with E-state index in [2.05, 4.69) is 37.1 Å². The molecule has 3 aliphatic rings. The normalized spacial score (nSPS) is 27.7. The molecule has 2 aliphatic heterocycles. The summed E-state index contributed by atoms with van der Waals surface area (Å²) in [6.45, 7) is 11.0. The second-order valence-electron chi connectivity index (χ2n) is 12.1. The Morgan fingerprint density at radius 1 is 1.16 bits per heavy atom. The SMILES string of the molecule is CC[C@]1(C)CC(=O)N([C@@H]2C[C@@H](C)c3ccc(C(=O)NCC[C@H]4CC(C)(C)Oc5ccccc54)cc32)C(N)=N1. The first kappa shape index (κ1) is 26.3. The highest BCUT2D eigenvalue weighted by atomic mass is 16.5. The molecule has 202 valence electrons. The van der Waals surface area contributed by atoms with Gasteiger partial charge in [0.2, 0.25) is 5.91 Å². The molecule has 0 spiro atoms. The zero-order chi connectivity index (χ0) is 27.2. The Bertz CT molecular complexity index is 1290.